The second-order valence-corrected chi connectivity index (χ2v) is 8.42. The number of phenols is 1. The van der Waals surface area contributed by atoms with Crippen LogP contribution in [0.3, 0.4) is 0 Å². The van der Waals surface area contributed by atoms with Crippen molar-refractivity contribution >= 4 is 6.08 Å². The summed E-state index contributed by atoms with van der Waals surface area (Å²) in [5.74, 6) is 3.60. The lowest BCUT2D eigenvalue weighted by Gasteiger charge is -2.49. The van der Waals surface area contributed by atoms with E-state index in [-0.39, 0.29) is 0 Å². The van der Waals surface area contributed by atoms with E-state index >= 15 is 0 Å². The van der Waals surface area contributed by atoms with Gasteiger partial charge in [-0.15, -0.1) is 0 Å². The van der Waals surface area contributed by atoms with Crippen molar-refractivity contribution in [2.24, 2.45) is 23.2 Å². The summed E-state index contributed by atoms with van der Waals surface area (Å²) in [5.41, 5.74) is 3.29. The summed E-state index contributed by atoms with van der Waals surface area (Å²) in [4.78, 5) is 0. The SMILES string of the molecule is CCCC[C@H]1CC[C@H]2[C@@H]3C=Cc4cc(O)ccc4[C@H]3CC[C@]12C. The van der Waals surface area contributed by atoms with Crippen LogP contribution in [0.2, 0.25) is 0 Å². The van der Waals surface area contributed by atoms with Crippen molar-refractivity contribution in [1.29, 1.82) is 0 Å². The first kappa shape index (κ1) is 15.3. The third-order valence-corrected chi connectivity index (χ3v) is 7.40. The molecule has 0 aromatic heterocycles. The summed E-state index contributed by atoms with van der Waals surface area (Å²) in [5, 5.41) is 9.76. The molecule has 0 heterocycles. The van der Waals surface area contributed by atoms with E-state index in [2.05, 4.69) is 32.1 Å². The minimum Gasteiger partial charge on any atom is -0.508 e. The quantitative estimate of drug-likeness (QED) is 0.711. The summed E-state index contributed by atoms with van der Waals surface area (Å²) in [6, 6.07) is 5.99. The number of fused-ring (bicyclic) bond motifs is 5. The maximum Gasteiger partial charge on any atom is 0.116 e. The van der Waals surface area contributed by atoms with E-state index in [1.165, 1.54) is 56.1 Å². The average Bonchev–Trinajstić information content (AvgIpc) is 2.89. The lowest BCUT2D eigenvalue weighted by Crippen LogP contribution is -2.40. The highest BCUT2D eigenvalue weighted by Gasteiger charge is 2.53. The van der Waals surface area contributed by atoms with Gasteiger partial charge in [-0.25, -0.2) is 0 Å². The molecule has 23 heavy (non-hydrogen) atoms. The molecule has 5 atom stereocenters. The lowest BCUT2D eigenvalue weighted by molar-refractivity contribution is 0.0514. The molecule has 124 valence electrons. The number of unbranched alkanes of at least 4 members (excludes halogenated alkanes) is 1. The molecule has 0 bridgehead atoms. The number of hydrogen-bond donors (Lipinski definition) is 1. The minimum atomic E-state index is 0.396. The van der Waals surface area contributed by atoms with Gasteiger partial charge in [0.2, 0.25) is 0 Å². The van der Waals surface area contributed by atoms with Crippen molar-refractivity contribution in [3.63, 3.8) is 0 Å². The van der Waals surface area contributed by atoms with Crippen LogP contribution in [0.1, 0.15) is 75.8 Å². The van der Waals surface area contributed by atoms with Crippen molar-refractivity contribution in [2.45, 2.75) is 64.7 Å². The number of benzene rings is 1. The van der Waals surface area contributed by atoms with E-state index in [1.54, 1.807) is 0 Å². The first-order chi connectivity index (χ1) is 11.1. The minimum absolute atomic E-state index is 0.396. The Kier molecular flexibility index (Phi) is 3.78. The molecule has 0 aliphatic heterocycles. The predicted octanol–water partition coefficient (Wildman–Crippen LogP) is 6.14. The molecular formula is C22H30O. The van der Waals surface area contributed by atoms with Gasteiger partial charge in [0, 0.05) is 0 Å². The average molecular weight is 310 g/mol. The van der Waals surface area contributed by atoms with Crippen LogP contribution >= 0.6 is 0 Å². The van der Waals surface area contributed by atoms with E-state index < -0.39 is 0 Å². The summed E-state index contributed by atoms with van der Waals surface area (Å²) in [6.07, 6.45) is 14.5. The fourth-order valence-corrected chi connectivity index (χ4v) is 6.12. The standard InChI is InChI=1S/C22H30O/c1-3-4-5-16-7-11-21-20-9-6-15-14-17(23)8-10-18(15)19(20)12-13-22(16,21)2/h6,8-10,14,16,19-21,23H,3-5,7,11-13H2,1-2H3/t16-,19+,20+,21-,22+/m0/s1. The molecule has 2 saturated carbocycles. The molecule has 0 amide bonds. The van der Waals surface area contributed by atoms with E-state index in [9.17, 15) is 5.11 Å². The van der Waals surface area contributed by atoms with Gasteiger partial charge in [-0.3, -0.25) is 0 Å². The van der Waals surface area contributed by atoms with Crippen LogP contribution in [0, 0.1) is 23.2 Å². The fourth-order valence-electron chi connectivity index (χ4n) is 6.12. The third-order valence-electron chi connectivity index (χ3n) is 7.40. The second kappa shape index (κ2) is 5.69. The zero-order chi connectivity index (χ0) is 16.0. The highest BCUT2D eigenvalue weighted by Crippen LogP contribution is 2.63. The Morgan fingerprint density at radius 1 is 1.22 bits per heavy atom. The molecule has 0 spiro atoms. The molecule has 1 aromatic rings. The molecule has 0 saturated heterocycles. The van der Waals surface area contributed by atoms with Crippen LogP contribution < -0.4 is 0 Å². The van der Waals surface area contributed by atoms with E-state index in [0.717, 1.165) is 17.8 Å². The molecule has 2 fully saturated rings. The van der Waals surface area contributed by atoms with Gasteiger partial charge in [0.25, 0.3) is 0 Å². The number of allylic oxidation sites excluding steroid dienone is 1. The van der Waals surface area contributed by atoms with Crippen molar-refractivity contribution < 1.29 is 5.11 Å². The van der Waals surface area contributed by atoms with Crippen molar-refractivity contribution in [1.82, 2.24) is 0 Å². The molecule has 0 unspecified atom stereocenters. The van der Waals surface area contributed by atoms with Gasteiger partial charge < -0.3 is 5.11 Å². The van der Waals surface area contributed by atoms with Crippen LogP contribution in [0.15, 0.2) is 24.3 Å². The number of hydrogen-bond acceptors (Lipinski definition) is 1. The molecule has 0 radical (unpaired) electrons. The molecule has 1 heteroatoms. The van der Waals surface area contributed by atoms with Gasteiger partial charge >= 0.3 is 0 Å². The highest BCUT2D eigenvalue weighted by molar-refractivity contribution is 5.60. The topological polar surface area (TPSA) is 20.2 Å². The highest BCUT2D eigenvalue weighted by atomic mass is 16.3. The van der Waals surface area contributed by atoms with Crippen LogP contribution in [0.4, 0.5) is 0 Å². The molecule has 3 aliphatic carbocycles. The molecule has 1 nitrogen and oxygen atoms in total. The smallest absolute Gasteiger partial charge is 0.116 e. The van der Waals surface area contributed by atoms with E-state index in [4.69, 9.17) is 0 Å². The van der Waals surface area contributed by atoms with Gasteiger partial charge in [-0.05, 0) is 84.5 Å². The van der Waals surface area contributed by atoms with Crippen LogP contribution in [0.25, 0.3) is 6.08 Å². The predicted molar refractivity (Wildman–Crippen MR) is 96.5 cm³/mol. The Bertz CT molecular complexity index is 616. The summed E-state index contributed by atoms with van der Waals surface area (Å²) >= 11 is 0. The number of rotatable bonds is 3. The van der Waals surface area contributed by atoms with Crippen LogP contribution in [-0.4, -0.2) is 5.11 Å². The Hall–Kier alpha value is -1.24. The monoisotopic (exact) mass is 310 g/mol. The Balaban J connectivity index is 1.62. The van der Waals surface area contributed by atoms with Gasteiger partial charge in [-0.2, -0.15) is 0 Å². The normalized spacial score (nSPS) is 38.0. The summed E-state index contributed by atoms with van der Waals surface area (Å²) in [7, 11) is 0. The van der Waals surface area contributed by atoms with Gasteiger partial charge in [0.1, 0.15) is 5.75 Å². The van der Waals surface area contributed by atoms with E-state index in [0.29, 0.717) is 17.1 Å². The summed E-state index contributed by atoms with van der Waals surface area (Å²) in [6.45, 7) is 4.92. The van der Waals surface area contributed by atoms with Crippen molar-refractivity contribution in [3.05, 3.63) is 35.4 Å². The molecule has 4 rings (SSSR count). The Morgan fingerprint density at radius 2 is 2.09 bits per heavy atom. The largest absolute Gasteiger partial charge is 0.508 e. The fraction of sp³-hybridized carbons (Fsp3) is 0.636. The third kappa shape index (κ3) is 2.35. The number of aromatic hydroxyl groups is 1. The molecular weight excluding hydrogens is 280 g/mol. The van der Waals surface area contributed by atoms with Gasteiger partial charge in [-0.1, -0.05) is 44.9 Å². The molecule has 1 N–H and O–H groups in total. The van der Waals surface area contributed by atoms with Gasteiger partial charge in [0.15, 0.2) is 0 Å². The van der Waals surface area contributed by atoms with Crippen LogP contribution in [-0.2, 0) is 0 Å². The summed E-state index contributed by atoms with van der Waals surface area (Å²) < 4.78 is 0. The lowest BCUT2D eigenvalue weighted by atomic mass is 9.55. The van der Waals surface area contributed by atoms with Crippen molar-refractivity contribution in [3.8, 4) is 5.75 Å². The Morgan fingerprint density at radius 3 is 2.91 bits per heavy atom. The zero-order valence-electron chi connectivity index (χ0n) is 14.6. The maximum absolute atomic E-state index is 9.76. The number of phenolic OH excluding ortho intramolecular Hbond substituents is 1. The van der Waals surface area contributed by atoms with Crippen molar-refractivity contribution in [2.75, 3.05) is 0 Å². The molecule has 3 aliphatic rings. The first-order valence-electron chi connectivity index (χ1n) is 9.64. The Labute approximate surface area is 140 Å². The first-order valence-corrected chi connectivity index (χ1v) is 9.64. The molecule has 1 aromatic carbocycles. The van der Waals surface area contributed by atoms with E-state index in [1.807, 2.05) is 12.1 Å². The maximum atomic E-state index is 9.76. The van der Waals surface area contributed by atoms with Gasteiger partial charge in [0.05, 0.1) is 0 Å². The zero-order valence-corrected chi connectivity index (χ0v) is 14.6. The second-order valence-electron chi connectivity index (χ2n) is 8.42. The van der Waals surface area contributed by atoms with Crippen LogP contribution in [0.5, 0.6) is 5.75 Å².